The maximum absolute atomic E-state index is 4.68. The molecule has 2 rings (SSSR count). The molecular weight excluding hydrogens is 248 g/mol. The molecule has 2 aromatic rings. The minimum atomic E-state index is 0.258. The van der Waals surface area contributed by atoms with Crippen molar-refractivity contribution in [1.82, 2.24) is 19.8 Å². The summed E-state index contributed by atoms with van der Waals surface area (Å²) in [5.74, 6) is 1.09. The molecule has 110 valence electrons. The lowest BCUT2D eigenvalue weighted by molar-refractivity contribution is 0.231. The highest BCUT2D eigenvalue weighted by Crippen LogP contribution is 2.16. The molecule has 0 saturated heterocycles. The van der Waals surface area contributed by atoms with Crippen LogP contribution >= 0.6 is 0 Å². The fourth-order valence-electron chi connectivity index (χ4n) is 2.78. The zero-order valence-electron chi connectivity index (χ0n) is 13.3. The Labute approximate surface area is 121 Å². The van der Waals surface area contributed by atoms with Crippen LogP contribution in [0.5, 0.6) is 0 Å². The molecule has 1 aromatic heterocycles. The molecule has 0 unspecified atom stereocenters. The van der Waals surface area contributed by atoms with Gasteiger partial charge in [-0.15, -0.1) is 0 Å². The van der Waals surface area contributed by atoms with Crippen molar-refractivity contribution in [1.29, 1.82) is 0 Å². The van der Waals surface area contributed by atoms with Crippen LogP contribution in [0, 0.1) is 5.41 Å². The van der Waals surface area contributed by atoms with Crippen molar-refractivity contribution >= 4 is 11.0 Å². The van der Waals surface area contributed by atoms with Gasteiger partial charge in [0.2, 0.25) is 0 Å². The van der Waals surface area contributed by atoms with Crippen LogP contribution in [-0.4, -0.2) is 41.6 Å². The summed E-state index contributed by atoms with van der Waals surface area (Å²) in [6.45, 7) is 7.43. The number of rotatable bonds is 6. The van der Waals surface area contributed by atoms with Crippen LogP contribution in [0.3, 0.4) is 0 Å². The van der Waals surface area contributed by atoms with Crippen molar-refractivity contribution in [3.05, 3.63) is 30.1 Å². The fourth-order valence-corrected chi connectivity index (χ4v) is 2.78. The van der Waals surface area contributed by atoms with E-state index in [0.29, 0.717) is 0 Å². The number of hydrogen-bond donors (Lipinski definition) is 1. The van der Waals surface area contributed by atoms with Gasteiger partial charge < -0.3 is 14.8 Å². The third-order valence-electron chi connectivity index (χ3n) is 3.51. The third-order valence-corrected chi connectivity index (χ3v) is 3.51. The second-order valence-corrected chi connectivity index (χ2v) is 6.58. The standard InChI is InChI=1S/C16H26N4/c1-16(2,12-19(3)4)11-17-10-15-18-13-8-6-7-9-14(13)20(15)5/h6-9,17H,10-12H2,1-5H3. The summed E-state index contributed by atoms with van der Waals surface area (Å²) in [5.41, 5.74) is 2.52. The molecule has 0 radical (unpaired) electrons. The van der Waals surface area contributed by atoms with E-state index in [0.717, 1.165) is 31.0 Å². The highest BCUT2D eigenvalue weighted by Gasteiger charge is 2.18. The van der Waals surface area contributed by atoms with Crippen LogP contribution in [0.25, 0.3) is 11.0 Å². The van der Waals surface area contributed by atoms with Gasteiger partial charge in [0.1, 0.15) is 5.82 Å². The van der Waals surface area contributed by atoms with E-state index in [1.54, 1.807) is 0 Å². The molecule has 0 bridgehead atoms. The lowest BCUT2D eigenvalue weighted by Gasteiger charge is -2.28. The summed E-state index contributed by atoms with van der Waals surface area (Å²) in [7, 11) is 6.32. The number of aromatic nitrogens is 2. The molecule has 0 aliphatic rings. The summed E-state index contributed by atoms with van der Waals surface area (Å²) in [6.07, 6.45) is 0. The van der Waals surface area contributed by atoms with E-state index < -0.39 is 0 Å². The summed E-state index contributed by atoms with van der Waals surface area (Å²) < 4.78 is 2.17. The number of aryl methyl sites for hydroxylation is 1. The predicted molar refractivity (Wildman–Crippen MR) is 84.8 cm³/mol. The van der Waals surface area contributed by atoms with Gasteiger partial charge in [0.25, 0.3) is 0 Å². The summed E-state index contributed by atoms with van der Waals surface area (Å²) >= 11 is 0. The molecule has 1 aromatic carbocycles. The fraction of sp³-hybridized carbons (Fsp3) is 0.562. The maximum Gasteiger partial charge on any atom is 0.123 e. The Balaban J connectivity index is 1.98. The molecule has 4 nitrogen and oxygen atoms in total. The van der Waals surface area contributed by atoms with Gasteiger partial charge >= 0.3 is 0 Å². The topological polar surface area (TPSA) is 33.1 Å². The van der Waals surface area contributed by atoms with E-state index in [4.69, 9.17) is 0 Å². The van der Waals surface area contributed by atoms with Gasteiger partial charge in [-0.2, -0.15) is 0 Å². The molecule has 0 fully saturated rings. The molecule has 0 spiro atoms. The van der Waals surface area contributed by atoms with Crippen molar-refractivity contribution < 1.29 is 0 Å². The molecular formula is C16H26N4. The van der Waals surface area contributed by atoms with E-state index in [9.17, 15) is 0 Å². The number of benzene rings is 1. The molecule has 1 N–H and O–H groups in total. The van der Waals surface area contributed by atoms with Crippen molar-refractivity contribution in [3.63, 3.8) is 0 Å². The monoisotopic (exact) mass is 274 g/mol. The van der Waals surface area contributed by atoms with Gasteiger partial charge in [-0.25, -0.2) is 4.98 Å². The molecule has 0 saturated carbocycles. The van der Waals surface area contributed by atoms with Crippen molar-refractivity contribution in [2.75, 3.05) is 27.2 Å². The average Bonchev–Trinajstić information content (AvgIpc) is 2.65. The van der Waals surface area contributed by atoms with E-state index in [-0.39, 0.29) is 5.41 Å². The Morgan fingerprint density at radius 3 is 2.60 bits per heavy atom. The summed E-state index contributed by atoms with van der Waals surface area (Å²) in [5, 5.41) is 3.54. The predicted octanol–water partition coefficient (Wildman–Crippen LogP) is 2.25. The summed E-state index contributed by atoms with van der Waals surface area (Å²) in [4.78, 5) is 6.92. The first-order chi connectivity index (χ1) is 9.39. The minimum absolute atomic E-state index is 0.258. The van der Waals surface area contributed by atoms with Crippen LogP contribution in [0.15, 0.2) is 24.3 Å². The quantitative estimate of drug-likeness (QED) is 0.877. The molecule has 0 aliphatic heterocycles. The molecule has 1 heterocycles. The smallest absolute Gasteiger partial charge is 0.123 e. The van der Waals surface area contributed by atoms with Gasteiger partial charge in [0, 0.05) is 20.1 Å². The van der Waals surface area contributed by atoms with Crippen LogP contribution in [0.4, 0.5) is 0 Å². The normalized spacial score (nSPS) is 12.5. The van der Waals surface area contributed by atoms with Crippen LogP contribution in [0.2, 0.25) is 0 Å². The zero-order valence-corrected chi connectivity index (χ0v) is 13.3. The number of fused-ring (bicyclic) bond motifs is 1. The van der Waals surface area contributed by atoms with Crippen molar-refractivity contribution in [3.8, 4) is 0 Å². The minimum Gasteiger partial charge on any atom is -0.330 e. The van der Waals surface area contributed by atoms with Crippen molar-refractivity contribution in [2.24, 2.45) is 12.5 Å². The van der Waals surface area contributed by atoms with E-state index in [2.05, 4.69) is 73.0 Å². The van der Waals surface area contributed by atoms with E-state index in [1.807, 2.05) is 6.07 Å². The number of nitrogens with zero attached hydrogens (tertiary/aromatic N) is 3. The Kier molecular flexibility index (Phi) is 4.45. The van der Waals surface area contributed by atoms with Gasteiger partial charge in [0.05, 0.1) is 17.6 Å². The van der Waals surface area contributed by atoms with Gasteiger partial charge in [-0.05, 0) is 31.6 Å². The number of nitrogens with one attached hydrogen (secondary N) is 1. The zero-order chi connectivity index (χ0) is 14.8. The highest BCUT2D eigenvalue weighted by atomic mass is 15.1. The molecule has 4 heteroatoms. The average molecular weight is 274 g/mol. The molecule has 20 heavy (non-hydrogen) atoms. The number of hydrogen-bond acceptors (Lipinski definition) is 3. The number of para-hydroxylation sites is 2. The van der Waals surface area contributed by atoms with Gasteiger partial charge in [0.15, 0.2) is 0 Å². The Morgan fingerprint density at radius 1 is 1.25 bits per heavy atom. The number of imidazole rings is 1. The second-order valence-electron chi connectivity index (χ2n) is 6.58. The first kappa shape index (κ1) is 15.0. The Morgan fingerprint density at radius 2 is 1.95 bits per heavy atom. The van der Waals surface area contributed by atoms with Crippen LogP contribution < -0.4 is 5.32 Å². The molecule has 0 aliphatic carbocycles. The largest absolute Gasteiger partial charge is 0.330 e. The Bertz CT molecular complexity index is 569. The van der Waals surface area contributed by atoms with E-state index >= 15 is 0 Å². The van der Waals surface area contributed by atoms with E-state index in [1.165, 1.54) is 5.52 Å². The van der Waals surface area contributed by atoms with Crippen molar-refractivity contribution in [2.45, 2.75) is 20.4 Å². The molecule has 0 amide bonds. The maximum atomic E-state index is 4.68. The van der Waals surface area contributed by atoms with Crippen LogP contribution in [-0.2, 0) is 13.6 Å². The lowest BCUT2D eigenvalue weighted by atomic mass is 9.93. The van der Waals surface area contributed by atoms with Gasteiger partial charge in [-0.3, -0.25) is 0 Å². The van der Waals surface area contributed by atoms with Crippen LogP contribution in [0.1, 0.15) is 19.7 Å². The Hall–Kier alpha value is -1.39. The van der Waals surface area contributed by atoms with Gasteiger partial charge in [-0.1, -0.05) is 26.0 Å². The highest BCUT2D eigenvalue weighted by molar-refractivity contribution is 5.75. The molecule has 0 atom stereocenters. The summed E-state index contributed by atoms with van der Waals surface area (Å²) in [6, 6.07) is 8.27. The second kappa shape index (κ2) is 5.94. The first-order valence-corrected chi connectivity index (χ1v) is 7.15. The SMILES string of the molecule is CN(C)CC(C)(C)CNCc1nc2ccccc2n1C. The third kappa shape index (κ3) is 3.58. The first-order valence-electron chi connectivity index (χ1n) is 7.15. The lowest BCUT2D eigenvalue weighted by Crippen LogP contribution is -2.37.